The highest BCUT2D eigenvalue weighted by atomic mass is 16.5. The van der Waals surface area contributed by atoms with E-state index in [9.17, 15) is 9.90 Å². The third kappa shape index (κ3) is 3.25. The zero-order chi connectivity index (χ0) is 15.4. The molecule has 0 heterocycles. The Morgan fingerprint density at radius 2 is 1.86 bits per heavy atom. The summed E-state index contributed by atoms with van der Waals surface area (Å²) in [6, 6.07) is 9.75. The lowest BCUT2D eigenvalue weighted by Gasteiger charge is -2.12. The quantitative estimate of drug-likeness (QED) is 0.907. The molecule has 0 unspecified atom stereocenters. The van der Waals surface area contributed by atoms with Crippen LogP contribution in [0.15, 0.2) is 36.4 Å². The lowest BCUT2D eigenvalue weighted by molar-refractivity contribution is 0.102. The molecule has 0 saturated heterocycles. The van der Waals surface area contributed by atoms with Crippen LogP contribution in [0.3, 0.4) is 0 Å². The maximum Gasteiger partial charge on any atom is 0.256 e. The standard InChI is InChI=1S/C16H17NO4/c1-10-8-11(18)4-6-13(10)16(19)17-14-9-12(20-2)5-7-15(14)21-3/h4-9,18H,1-3H3,(H,17,19). The highest BCUT2D eigenvalue weighted by Crippen LogP contribution is 2.29. The van der Waals surface area contributed by atoms with Crippen molar-refractivity contribution in [2.24, 2.45) is 0 Å². The fourth-order valence-electron chi connectivity index (χ4n) is 2.00. The number of aryl methyl sites for hydroxylation is 1. The van der Waals surface area contributed by atoms with Gasteiger partial charge in [0.1, 0.15) is 17.2 Å². The first kappa shape index (κ1) is 14.7. The summed E-state index contributed by atoms with van der Waals surface area (Å²) in [4.78, 5) is 12.3. The summed E-state index contributed by atoms with van der Waals surface area (Å²) < 4.78 is 10.4. The normalized spacial score (nSPS) is 10.0. The van der Waals surface area contributed by atoms with Gasteiger partial charge in [-0.2, -0.15) is 0 Å². The summed E-state index contributed by atoms with van der Waals surface area (Å²) in [5, 5.41) is 12.2. The van der Waals surface area contributed by atoms with E-state index in [-0.39, 0.29) is 11.7 Å². The van der Waals surface area contributed by atoms with Gasteiger partial charge in [-0.15, -0.1) is 0 Å². The Balaban J connectivity index is 2.30. The van der Waals surface area contributed by atoms with Gasteiger partial charge in [0.05, 0.1) is 19.9 Å². The van der Waals surface area contributed by atoms with Gasteiger partial charge in [-0.1, -0.05) is 0 Å². The maximum atomic E-state index is 12.3. The van der Waals surface area contributed by atoms with Crippen LogP contribution in [0, 0.1) is 6.92 Å². The van der Waals surface area contributed by atoms with Crippen molar-refractivity contribution in [3.05, 3.63) is 47.5 Å². The Morgan fingerprint density at radius 3 is 2.48 bits per heavy atom. The van der Waals surface area contributed by atoms with Gasteiger partial charge in [-0.25, -0.2) is 0 Å². The van der Waals surface area contributed by atoms with E-state index in [2.05, 4.69) is 5.32 Å². The number of hydrogen-bond donors (Lipinski definition) is 2. The van der Waals surface area contributed by atoms with Crippen LogP contribution in [-0.2, 0) is 0 Å². The molecular formula is C16H17NO4. The molecule has 2 rings (SSSR count). The molecule has 110 valence electrons. The first-order valence-corrected chi connectivity index (χ1v) is 6.38. The molecule has 0 fully saturated rings. The molecule has 0 aliphatic carbocycles. The molecule has 0 radical (unpaired) electrons. The Bertz CT molecular complexity index is 667. The second kappa shape index (κ2) is 6.17. The van der Waals surface area contributed by atoms with E-state index in [0.29, 0.717) is 28.3 Å². The van der Waals surface area contributed by atoms with Gasteiger partial charge in [-0.3, -0.25) is 4.79 Å². The predicted octanol–water partition coefficient (Wildman–Crippen LogP) is 2.97. The summed E-state index contributed by atoms with van der Waals surface area (Å²) in [5.74, 6) is 1.01. The molecule has 0 spiro atoms. The van der Waals surface area contributed by atoms with Crippen LogP contribution >= 0.6 is 0 Å². The minimum absolute atomic E-state index is 0.128. The average molecular weight is 287 g/mol. The van der Waals surface area contributed by atoms with Crippen LogP contribution in [-0.4, -0.2) is 25.2 Å². The number of aromatic hydroxyl groups is 1. The molecule has 0 aromatic heterocycles. The fraction of sp³-hybridized carbons (Fsp3) is 0.188. The van der Waals surface area contributed by atoms with E-state index in [0.717, 1.165) is 0 Å². The van der Waals surface area contributed by atoms with Gasteiger partial charge < -0.3 is 19.9 Å². The summed E-state index contributed by atoms with van der Waals surface area (Å²) in [7, 11) is 3.08. The van der Waals surface area contributed by atoms with Gasteiger partial charge >= 0.3 is 0 Å². The van der Waals surface area contributed by atoms with E-state index in [1.54, 1.807) is 38.3 Å². The van der Waals surface area contributed by atoms with Crippen molar-refractivity contribution in [1.82, 2.24) is 0 Å². The smallest absolute Gasteiger partial charge is 0.256 e. The monoisotopic (exact) mass is 287 g/mol. The third-order valence-electron chi connectivity index (χ3n) is 3.11. The lowest BCUT2D eigenvalue weighted by Crippen LogP contribution is -2.14. The van der Waals surface area contributed by atoms with Crippen molar-refractivity contribution < 1.29 is 19.4 Å². The molecule has 0 bridgehead atoms. The molecule has 2 aromatic carbocycles. The number of amides is 1. The summed E-state index contributed by atoms with van der Waals surface area (Å²) in [6.45, 7) is 1.76. The van der Waals surface area contributed by atoms with Crippen LogP contribution in [0.4, 0.5) is 5.69 Å². The number of ether oxygens (including phenoxy) is 2. The van der Waals surface area contributed by atoms with Crippen molar-refractivity contribution in [1.29, 1.82) is 0 Å². The second-order valence-corrected chi connectivity index (χ2v) is 4.52. The Hall–Kier alpha value is -2.69. The summed E-state index contributed by atoms with van der Waals surface area (Å²) in [5.41, 5.74) is 1.70. The van der Waals surface area contributed by atoms with Gasteiger partial charge in [0.25, 0.3) is 5.91 Å². The van der Waals surface area contributed by atoms with E-state index in [4.69, 9.17) is 9.47 Å². The summed E-state index contributed by atoms with van der Waals surface area (Å²) >= 11 is 0. The summed E-state index contributed by atoms with van der Waals surface area (Å²) in [6.07, 6.45) is 0. The van der Waals surface area contributed by atoms with Crippen LogP contribution in [0.2, 0.25) is 0 Å². The molecule has 5 nitrogen and oxygen atoms in total. The minimum Gasteiger partial charge on any atom is -0.508 e. The number of carbonyl (C=O) groups is 1. The number of anilines is 1. The van der Waals surface area contributed by atoms with E-state index >= 15 is 0 Å². The Labute approximate surface area is 123 Å². The van der Waals surface area contributed by atoms with Crippen molar-refractivity contribution in [2.45, 2.75) is 6.92 Å². The molecule has 0 aliphatic rings. The first-order valence-electron chi connectivity index (χ1n) is 6.38. The predicted molar refractivity (Wildman–Crippen MR) is 80.3 cm³/mol. The number of benzene rings is 2. The number of phenols is 1. The van der Waals surface area contributed by atoms with Gasteiger partial charge in [0.15, 0.2) is 0 Å². The highest BCUT2D eigenvalue weighted by molar-refractivity contribution is 6.06. The maximum absolute atomic E-state index is 12.3. The number of hydrogen-bond acceptors (Lipinski definition) is 4. The van der Waals surface area contributed by atoms with E-state index in [1.807, 2.05) is 0 Å². The molecular weight excluding hydrogens is 270 g/mol. The van der Waals surface area contributed by atoms with Crippen molar-refractivity contribution >= 4 is 11.6 Å². The Morgan fingerprint density at radius 1 is 1.10 bits per heavy atom. The molecule has 2 aromatic rings. The largest absolute Gasteiger partial charge is 0.508 e. The third-order valence-corrected chi connectivity index (χ3v) is 3.11. The SMILES string of the molecule is COc1ccc(OC)c(NC(=O)c2ccc(O)cc2C)c1. The van der Waals surface area contributed by atoms with Gasteiger partial charge in [-0.05, 0) is 42.8 Å². The van der Waals surface area contributed by atoms with Gasteiger partial charge in [0.2, 0.25) is 0 Å². The number of methoxy groups -OCH3 is 2. The fourth-order valence-corrected chi connectivity index (χ4v) is 2.00. The Kier molecular flexibility index (Phi) is 4.33. The zero-order valence-electron chi connectivity index (χ0n) is 12.1. The van der Waals surface area contributed by atoms with Crippen LogP contribution in [0.25, 0.3) is 0 Å². The van der Waals surface area contributed by atoms with Crippen molar-refractivity contribution in [3.63, 3.8) is 0 Å². The zero-order valence-corrected chi connectivity index (χ0v) is 12.1. The topological polar surface area (TPSA) is 67.8 Å². The number of nitrogens with one attached hydrogen (secondary N) is 1. The average Bonchev–Trinajstić information content (AvgIpc) is 2.46. The minimum atomic E-state index is -0.279. The van der Waals surface area contributed by atoms with E-state index < -0.39 is 0 Å². The second-order valence-electron chi connectivity index (χ2n) is 4.52. The molecule has 0 atom stereocenters. The van der Waals surface area contributed by atoms with Crippen LogP contribution in [0.5, 0.6) is 17.2 Å². The molecule has 5 heteroatoms. The molecule has 21 heavy (non-hydrogen) atoms. The molecule has 1 amide bonds. The highest BCUT2D eigenvalue weighted by Gasteiger charge is 2.13. The first-order chi connectivity index (χ1) is 10.0. The molecule has 0 saturated carbocycles. The van der Waals surface area contributed by atoms with E-state index in [1.165, 1.54) is 19.2 Å². The van der Waals surface area contributed by atoms with Crippen molar-refractivity contribution in [2.75, 3.05) is 19.5 Å². The number of phenolic OH excluding ortho intramolecular Hbond substituents is 1. The van der Waals surface area contributed by atoms with Crippen LogP contribution in [0.1, 0.15) is 15.9 Å². The van der Waals surface area contributed by atoms with Crippen LogP contribution < -0.4 is 14.8 Å². The number of rotatable bonds is 4. The number of carbonyl (C=O) groups excluding carboxylic acids is 1. The molecule has 0 aliphatic heterocycles. The van der Waals surface area contributed by atoms with Crippen molar-refractivity contribution in [3.8, 4) is 17.2 Å². The molecule has 2 N–H and O–H groups in total. The van der Waals surface area contributed by atoms with Gasteiger partial charge in [0, 0.05) is 11.6 Å². The lowest BCUT2D eigenvalue weighted by atomic mass is 10.1.